The summed E-state index contributed by atoms with van der Waals surface area (Å²) in [5.74, 6) is 0.926. The molecule has 2 aromatic carbocycles. The number of benzene rings is 2. The minimum atomic E-state index is -3.50. The Morgan fingerprint density at radius 2 is 1.52 bits per heavy atom. The van der Waals surface area contributed by atoms with Crippen LogP contribution in [0.1, 0.15) is 5.56 Å². The van der Waals surface area contributed by atoms with Crippen LogP contribution >= 0.6 is 0 Å². The monoisotopic (exact) mass is 307 g/mol. The molecular formula is C15H17NO4S. The van der Waals surface area contributed by atoms with Gasteiger partial charge < -0.3 is 14.7 Å². The van der Waals surface area contributed by atoms with Crippen molar-refractivity contribution in [1.29, 1.82) is 0 Å². The largest absolute Gasteiger partial charge is 0.493 e. The Hall–Kier alpha value is -2.21. The third-order valence-corrected chi connectivity index (χ3v) is 3.21. The summed E-state index contributed by atoms with van der Waals surface area (Å²) in [5, 5.41) is 0. The molecule has 0 unspecified atom stereocenters. The lowest BCUT2D eigenvalue weighted by Gasteiger charge is -2.08. The summed E-state index contributed by atoms with van der Waals surface area (Å²) >= 11 is 0. The third-order valence-electron chi connectivity index (χ3n) is 2.71. The highest BCUT2D eigenvalue weighted by Gasteiger charge is 2.04. The lowest BCUT2D eigenvalue weighted by molar-refractivity contribution is 0.321. The second-order valence-corrected chi connectivity index (χ2v) is 6.17. The minimum Gasteiger partial charge on any atom is -0.493 e. The summed E-state index contributed by atoms with van der Waals surface area (Å²) in [6, 6.07) is 14.1. The van der Waals surface area contributed by atoms with Gasteiger partial charge in [-0.3, -0.25) is 0 Å². The van der Waals surface area contributed by atoms with Crippen LogP contribution in [-0.4, -0.2) is 21.3 Å². The third kappa shape index (κ3) is 5.35. The van der Waals surface area contributed by atoms with Crippen molar-refractivity contribution in [2.24, 2.45) is 0 Å². The van der Waals surface area contributed by atoms with Crippen LogP contribution < -0.4 is 14.7 Å². The van der Waals surface area contributed by atoms with Crippen molar-refractivity contribution in [3.8, 4) is 11.5 Å². The van der Waals surface area contributed by atoms with Crippen molar-refractivity contribution in [3.05, 3.63) is 54.1 Å². The molecular weight excluding hydrogens is 290 g/mol. The Kier molecular flexibility index (Phi) is 4.70. The van der Waals surface area contributed by atoms with Gasteiger partial charge >= 0.3 is 10.1 Å². The number of rotatable bonds is 6. The van der Waals surface area contributed by atoms with E-state index in [-0.39, 0.29) is 5.75 Å². The molecule has 0 amide bonds. The minimum absolute atomic E-state index is 0.267. The zero-order valence-corrected chi connectivity index (χ0v) is 12.5. The van der Waals surface area contributed by atoms with E-state index in [0.717, 1.165) is 23.9 Å². The maximum Gasteiger partial charge on any atom is 0.306 e. The summed E-state index contributed by atoms with van der Waals surface area (Å²) in [7, 11) is -3.50. The molecule has 21 heavy (non-hydrogen) atoms. The average molecular weight is 307 g/mol. The summed E-state index contributed by atoms with van der Waals surface area (Å²) in [6.07, 6.45) is 1.77. The van der Waals surface area contributed by atoms with Gasteiger partial charge in [0.2, 0.25) is 0 Å². The first-order valence-electron chi connectivity index (χ1n) is 6.39. The van der Waals surface area contributed by atoms with Gasteiger partial charge in [-0.05, 0) is 42.0 Å². The molecule has 6 heteroatoms. The van der Waals surface area contributed by atoms with E-state index >= 15 is 0 Å². The SMILES string of the molecule is CS(=O)(=O)Oc1ccc(OCCc2ccc(N)cc2)cc1. The van der Waals surface area contributed by atoms with Crippen LogP contribution in [0.15, 0.2) is 48.5 Å². The van der Waals surface area contributed by atoms with Gasteiger partial charge in [0.1, 0.15) is 11.5 Å². The number of hydrogen-bond acceptors (Lipinski definition) is 5. The molecule has 0 saturated carbocycles. The van der Waals surface area contributed by atoms with E-state index in [2.05, 4.69) is 0 Å². The highest BCUT2D eigenvalue weighted by Crippen LogP contribution is 2.19. The fraction of sp³-hybridized carbons (Fsp3) is 0.200. The molecule has 5 nitrogen and oxygen atoms in total. The van der Waals surface area contributed by atoms with Crippen molar-refractivity contribution in [2.45, 2.75) is 6.42 Å². The van der Waals surface area contributed by atoms with Gasteiger partial charge in [-0.15, -0.1) is 0 Å². The Bertz CT molecular complexity index is 679. The number of ether oxygens (including phenoxy) is 1. The Labute approximate surface area is 124 Å². The van der Waals surface area contributed by atoms with E-state index in [9.17, 15) is 8.42 Å². The first-order chi connectivity index (χ1) is 9.92. The summed E-state index contributed by atoms with van der Waals surface area (Å²) in [6.45, 7) is 0.524. The maximum absolute atomic E-state index is 11.0. The van der Waals surface area contributed by atoms with E-state index in [1.165, 1.54) is 0 Å². The van der Waals surface area contributed by atoms with Gasteiger partial charge in [0.15, 0.2) is 0 Å². The van der Waals surface area contributed by atoms with E-state index in [0.29, 0.717) is 12.4 Å². The maximum atomic E-state index is 11.0. The molecule has 0 aliphatic rings. The van der Waals surface area contributed by atoms with Crippen LogP contribution in [0.25, 0.3) is 0 Å². The van der Waals surface area contributed by atoms with Crippen molar-refractivity contribution in [3.63, 3.8) is 0 Å². The summed E-state index contributed by atoms with van der Waals surface area (Å²) in [4.78, 5) is 0. The first kappa shape index (κ1) is 15.2. The van der Waals surface area contributed by atoms with Gasteiger partial charge in [0.05, 0.1) is 12.9 Å². The molecule has 0 aromatic heterocycles. The van der Waals surface area contributed by atoms with Crippen LogP contribution in [0.5, 0.6) is 11.5 Å². The molecule has 0 bridgehead atoms. The Morgan fingerprint density at radius 1 is 0.952 bits per heavy atom. The smallest absolute Gasteiger partial charge is 0.306 e. The highest BCUT2D eigenvalue weighted by molar-refractivity contribution is 7.86. The van der Waals surface area contributed by atoms with Gasteiger partial charge in [0, 0.05) is 12.1 Å². The van der Waals surface area contributed by atoms with Gasteiger partial charge in [-0.2, -0.15) is 8.42 Å². The second-order valence-electron chi connectivity index (χ2n) is 4.60. The molecule has 2 aromatic rings. The lowest BCUT2D eigenvalue weighted by Crippen LogP contribution is -2.05. The fourth-order valence-corrected chi connectivity index (χ4v) is 2.20. The van der Waals surface area contributed by atoms with E-state index in [1.807, 2.05) is 24.3 Å². The van der Waals surface area contributed by atoms with Crippen LogP contribution in [0, 0.1) is 0 Å². The Balaban J connectivity index is 1.85. The molecule has 0 saturated heterocycles. The standard InChI is InChI=1S/C15H17NO4S/c1-21(17,18)20-15-8-6-14(7-9-15)19-11-10-12-2-4-13(16)5-3-12/h2-9H,10-11,16H2,1H3. The average Bonchev–Trinajstić information content (AvgIpc) is 2.41. The van der Waals surface area contributed by atoms with Gasteiger partial charge in [-0.1, -0.05) is 12.1 Å². The molecule has 0 fully saturated rings. The molecule has 2 rings (SSSR count). The fourth-order valence-electron chi connectivity index (χ4n) is 1.74. The number of nitrogen functional groups attached to an aromatic ring is 1. The van der Waals surface area contributed by atoms with Crippen LogP contribution in [0.2, 0.25) is 0 Å². The molecule has 0 heterocycles. The normalized spacial score (nSPS) is 11.1. The quantitative estimate of drug-likeness (QED) is 0.654. The molecule has 0 atom stereocenters. The summed E-state index contributed by atoms with van der Waals surface area (Å²) < 4.78 is 32.3. The molecule has 0 aliphatic carbocycles. The van der Waals surface area contributed by atoms with Crippen molar-refractivity contribution in [1.82, 2.24) is 0 Å². The van der Waals surface area contributed by atoms with E-state index in [1.54, 1.807) is 24.3 Å². The zero-order valence-electron chi connectivity index (χ0n) is 11.7. The van der Waals surface area contributed by atoms with E-state index < -0.39 is 10.1 Å². The van der Waals surface area contributed by atoms with Gasteiger partial charge in [0.25, 0.3) is 0 Å². The number of nitrogens with two attached hydrogens (primary N) is 1. The molecule has 0 radical (unpaired) electrons. The van der Waals surface area contributed by atoms with Crippen LogP contribution in [0.4, 0.5) is 5.69 Å². The predicted octanol–water partition coefficient (Wildman–Crippen LogP) is 2.23. The van der Waals surface area contributed by atoms with Crippen molar-refractivity contribution < 1.29 is 17.3 Å². The van der Waals surface area contributed by atoms with Crippen LogP contribution in [-0.2, 0) is 16.5 Å². The zero-order chi connectivity index (χ0) is 15.3. The molecule has 0 spiro atoms. The number of anilines is 1. The first-order valence-corrected chi connectivity index (χ1v) is 8.21. The highest BCUT2D eigenvalue weighted by atomic mass is 32.2. The second kappa shape index (κ2) is 6.49. The predicted molar refractivity (Wildman–Crippen MR) is 82.0 cm³/mol. The van der Waals surface area contributed by atoms with Crippen molar-refractivity contribution >= 4 is 15.8 Å². The molecule has 0 aliphatic heterocycles. The summed E-state index contributed by atoms with van der Waals surface area (Å²) in [5.41, 5.74) is 7.50. The molecule has 112 valence electrons. The van der Waals surface area contributed by atoms with Crippen molar-refractivity contribution in [2.75, 3.05) is 18.6 Å². The molecule has 2 N–H and O–H groups in total. The number of hydrogen-bond donors (Lipinski definition) is 1. The Morgan fingerprint density at radius 3 is 2.10 bits per heavy atom. The lowest BCUT2D eigenvalue weighted by atomic mass is 10.1. The van der Waals surface area contributed by atoms with Gasteiger partial charge in [-0.25, -0.2) is 0 Å². The van der Waals surface area contributed by atoms with Crippen LogP contribution in [0.3, 0.4) is 0 Å². The topological polar surface area (TPSA) is 78.6 Å². The van der Waals surface area contributed by atoms with E-state index in [4.69, 9.17) is 14.7 Å².